The average molecular weight is 255 g/mol. The molecule has 2 rings (SSSR count). The van der Waals surface area contributed by atoms with Gasteiger partial charge in [-0.15, -0.1) is 0 Å². The van der Waals surface area contributed by atoms with Crippen molar-refractivity contribution in [1.29, 1.82) is 0 Å². The fourth-order valence-corrected chi connectivity index (χ4v) is 1.66. The summed E-state index contributed by atoms with van der Waals surface area (Å²) in [5, 5.41) is 10.0. The molecule has 0 aliphatic rings. The van der Waals surface area contributed by atoms with Gasteiger partial charge in [0.15, 0.2) is 0 Å². The lowest BCUT2D eigenvalue weighted by Crippen LogP contribution is -2.17. The lowest BCUT2D eigenvalue weighted by molar-refractivity contribution is 0.775. The van der Waals surface area contributed by atoms with Crippen LogP contribution >= 0.6 is 15.9 Å². The number of aromatic nitrogens is 4. The second-order valence-corrected chi connectivity index (χ2v) is 3.24. The molecule has 0 saturated carbocycles. The molecule has 6 heteroatoms. The SMILES string of the molecule is O=c1[nH]nnn1-c1ccccc1CBr. The number of hydrogen-bond acceptors (Lipinski definition) is 3. The zero-order chi connectivity index (χ0) is 9.97. The van der Waals surface area contributed by atoms with Crippen LogP contribution in [0.5, 0.6) is 0 Å². The number of alkyl halides is 1. The molecule has 0 amide bonds. The Morgan fingerprint density at radius 1 is 1.43 bits per heavy atom. The van der Waals surface area contributed by atoms with Gasteiger partial charge in [0.25, 0.3) is 0 Å². The number of tetrazole rings is 1. The van der Waals surface area contributed by atoms with Crippen LogP contribution in [0, 0.1) is 0 Å². The van der Waals surface area contributed by atoms with Crippen LogP contribution in [0.4, 0.5) is 0 Å². The molecule has 1 aromatic heterocycles. The highest BCUT2D eigenvalue weighted by atomic mass is 79.9. The molecule has 1 N–H and O–H groups in total. The van der Waals surface area contributed by atoms with Gasteiger partial charge in [-0.1, -0.05) is 34.1 Å². The standard InChI is InChI=1S/C8H7BrN4O/c9-5-6-3-1-2-4-7(6)13-8(14)10-11-12-13/h1-4H,5H2,(H,10,12,14). The molecule has 0 fully saturated rings. The van der Waals surface area contributed by atoms with Crippen molar-refractivity contribution in [2.24, 2.45) is 0 Å². The summed E-state index contributed by atoms with van der Waals surface area (Å²) in [5.41, 5.74) is 1.39. The van der Waals surface area contributed by atoms with Crippen LogP contribution in [0.15, 0.2) is 29.1 Å². The van der Waals surface area contributed by atoms with Gasteiger partial charge < -0.3 is 0 Å². The van der Waals surface area contributed by atoms with Gasteiger partial charge in [0.1, 0.15) is 0 Å². The Hall–Kier alpha value is -1.43. The zero-order valence-corrected chi connectivity index (χ0v) is 8.73. The first-order valence-corrected chi connectivity index (χ1v) is 5.09. The minimum Gasteiger partial charge on any atom is -0.244 e. The molecule has 0 aliphatic heterocycles. The maximum atomic E-state index is 11.3. The van der Waals surface area contributed by atoms with Gasteiger partial charge in [-0.2, -0.15) is 4.68 Å². The molecule has 72 valence electrons. The van der Waals surface area contributed by atoms with Crippen LogP contribution in [0.3, 0.4) is 0 Å². The Morgan fingerprint density at radius 2 is 2.21 bits per heavy atom. The van der Waals surface area contributed by atoms with Crippen LogP contribution < -0.4 is 5.69 Å². The third-order valence-electron chi connectivity index (χ3n) is 1.84. The molecule has 5 nitrogen and oxygen atoms in total. The number of para-hydroxylation sites is 1. The van der Waals surface area contributed by atoms with Gasteiger partial charge in [0, 0.05) is 5.33 Å². The molecule has 0 aliphatic carbocycles. The quantitative estimate of drug-likeness (QED) is 0.809. The van der Waals surface area contributed by atoms with Crippen molar-refractivity contribution < 1.29 is 0 Å². The first-order valence-electron chi connectivity index (χ1n) is 3.97. The molecule has 1 heterocycles. The molecular formula is C8H7BrN4O. The van der Waals surface area contributed by atoms with E-state index in [1.54, 1.807) is 0 Å². The van der Waals surface area contributed by atoms with Gasteiger partial charge >= 0.3 is 5.69 Å². The normalized spacial score (nSPS) is 10.4. The summed E-state index contributed by atoms with van der Waals surface area (Å²) in [6.45, 7) is 0. The molecule has 0 radical (unpaired) electrons. The van der Waals surface area contributed by atoms with E-state index < -0.39 is 0 Å². The molecular weight excluding hydrogens is 248 g/mol. The highest BCUT2D eigenvalue weighted by Gasteiger charge is 2.06. The van der Waals surface area contributed by atoms with Gasteiger partial charge in [-0.05, 0) is 22.1 Å². The number of H-pyrrole nitrogens is 1. The van der Waals surface area contributed by atoms with E-state index in [0.717, 1.165) is 11.3 Å². The van der Waals surface area contributed by atoms with E-state index in [0.29, 0.717) is 5.33 Å². The Labute approximate surface area is 87.9 Å². The van der Waals surface area contributed by atoms with E-state index in [1.807, 2.05) is 24.3 Å². The van der Waals surface area contributed by atoms with Crippen LogP contribution in [0.2, 0.25) is 0 Å². The van der Waals surface area contributed by atoms with E-state index in [-0.39, 0.29) is 5.69 Å². The van der Waals surface area contributed by atoms with Gasteiger partial charge in [0.05, 0.1) is 5.69 Å². The largest absolute Gasteiger partial charge is 0.365 e. The number of rotatable bonds is 2. The lowest BCUT2D eigenvalue weighted by atomic mass is 10.2. The molecule has 0 atom stereocenters. The van der Waals surface area contributed by atoms with Crippen molar-refractivity contribution in [3.63, 3.8) is 0 Å². The summed E-state index contributed by atoms with van der Waals surface area (Å²) in [7, 11) is 0. The van der Waals surface area contributed by atoms with E-state index in [1.165, 1.54) is 4.68 Å². The number of nitrogens with one attached hydrogen (secondary N) is 1. The third kappa shape index (κ3) is 1.48. The van der Waals surface area contributed by atoms with E-state index in [9.17, 15) is 4.79 Å². The van der Waals surface area contributed by atoms with E-state index >= 15 is 0 Å². The van der Waals surface area contributed by atoms with Crippen molar-refractivity contribution in [3.8, 4) is 5.69 Å². The zero-order valence-electron chi connectivity index (χ0n) is 7.14. The number of nitrogens with zero attached hydrogens (tertiary/aromatic N) is 3. The van der Waals surface area contributed by atoms with Crippen LogP contribution in [0.25, 0.3) is 5.69 Å². The van der Waals surface area contributed by atoms with Crippen LogP contribution in [-0.2, 0) is 5.33 Å². The minimum atomic E-state index is -0.335. The minimum absolute atomic E-state index is 0.335. The lowest BCUT2D eigenvalue weighted by Gasteiger charge is -2.03. The Kier molecular flexibility index (Phi) is 2.45. The first kappa shape index (κ1) is 9.14. The Bertz CT molecular complexity index is 490. The van der Waals surface area contributed by atoms with Crippen molar-refractivity contribution in [1.82, 2.24) is 20.2 Å². The molecule has 0 bridgehead atoms. The summed E-state index contributed by atoms with van der Waals surface area (Å²) in [4.78, 5) is 11.3. The van der Waals surface area contributed by atoms with Gasteiger partial charge in [0.2, 0.25) is 0 Å². The van der Waals surface area contributed by atoms with E-state index in [4.69, 9.17) is 0 Å². The summed E-state index contributed by atoms with van der Waals surface area (Å²) in [6.07, 6.45) is 0. The van der Waals surface area contributed by atoms with Crippen LogP contribution in [-0.4, -0.2) is 20.2 Å². The fraction of sp³-hybridized carbons (Fsp3) is 0.125. The highest BCUT2D eigenvalue weighted by Crippen LogP contribution is 2.14. The number of benzene rings is 1. The maximum absolute atomic E-state index is 11.3. The van der Waals surface area contributed by atoms with Gasteiger partial charge in [-0.25, -0.2) is 9.89 Å². The maximum Gasteiger partial charge on any atom is 0.365 e. The fourth-order valence-electron chi connectivity index (χ4n) is 1.19. The summed E-state index contributed by atoms with van der Waals surface area (Å²) < 4.78 is 1.23. The molecule has 0 saturated heterocycles. The van der Waals surface area contributed by atoms with Crippen molar-refractivity contribution in [3.05, 3.63) is 40.3 Å². The molecule has 14 heavy (non-hydrogen) atoms. The third-order valence-corrected chi connectivity index (χ3v) is 2.44. The number of hydrogen-bond donors (Lipinski definition) is 1. The Balaban J connectivity index is 2.62. The van der Waals surface area contributed by atoms with E-state index in [2.05, 4.69) is 31.5 Å². The number of aromatic amines is 1. The second-order valence-electron chi connectivity index (χ2n) is 2.68. The topological polar surface area (TPSA) is 63.6 Å². The van der Waals surface area contributed by atoms with Crippen molar-refractivity contribution >= 4 is 15.9 Å². The van der Waals surface area contributed by atoms with Crippen molar-refractivity contribution in [2.75, 3.05) is 0 Å². The summed E-state index contributed by atoms with van der Waals surface area (Å²) in [6, 6.07) is 7.50. The monoisotopic (exact) mass is 254 g/mol. The first-order chi connectivity index (χ1) is 6.83. The smallest absolute Gasteiger partial charge is 0.244 e. The molecule has 1 aromatic carbocycles. The highest BCUT2D eigenvalue weighted by molar-refractivity contribution is 9.08. The Morgan fingerprint density at radius 3 is 2.86 bits per heavy atom. The predicted octanol–water partition coefficient (Wildman–Crippen LogP) is 0.850. The molecule has 0 unspecified atom stereocenters. The van der Waals surface area contributed by atoms with Crippen molar-refractivity contribution in [2.45, 2.75) is 5.33 Å². The molecule has 0 spiro atoms. The molecule has 2 aromatic rings. The predicted molar refractivity (Wildman–Crippen MR) is 54.6 cm³/mol. The van der Waals surface area contributed by atoms with Crippen LogP contribution in [0.1, 0.15) is 5.56 Å². The summed E-state index contributed by atoms with van der Waals surface area (Å²) >= 11 is 3.34. The average Bonchev–Trinajstić information content (AvgIpc) is 2.64. The van der Waals surface area contributed by atoms with Gasteiger partial charge in [-0.3, -0.25) is 0 Å². The second kappa shape index (κ2) is 3.75. The summed E-state index contributed by atoms with van der Waals surface area (Å²) in [5.74, 6) is 0. The number of halogens is 1.